The number of hydrogen-bond donors (Lipinski definition) is 2. The Morgan fingerprint density at radius 2 is 2.11 bits per heavy atom. The largest absolute Gasteiger partial charge is 0.484 e. The number of rotatable bonds is 8. The van der Waals surface area contributed by atoms with Crippen molar-refractivity contribution in [3.05, 3.63) is 30.1 Å². The highest BCUT2D eigenvalue weighted by Gasteiger charge is 2.03. The second-order valence-corrected chi connectivity index (χ2v) is 3.95. The van der Waals surface area contributed by atoms with Gasteiger partial charge in [0.1, 0.15) is 11.6 Å². The number of aliphatic carboxylic acids is 1. The Morgan fingerprint density at radius 3 is 2.79 bits per heavy atom. The second-order valence-electron chi connectivity index (χ2n) is 3.95. The Balaban J connectivity index is 2.13. The van der Waals surface area contributed by atoms with Crippen LogP contribution in [0.2, 0.25) is 0 Å². The van der Waals surface area contributed by atoms with Crippen LogP contribution < -0.4 is 10.1 Å². The summed E-state index contributed by atoms with van der Waals surface area (Å²) in [7, 11) is 0. The van der Waals surface area contributed by atoms with Gasteiger partial charge in [-0.2, -0.15) is 0 Å². The summed E-state index contributed by atoms with van der Waals surface area (Å²) in [5.74, 6) is -1.30. The first-order valence-electron chi connectivity index (χ1n) is 5.95. The first-order chi connectivity index (χ1) is 9.08. The molecule has 0 spiro atoms. The van der Waals surface area contributed by atoms with Gasteiger partial charge in [0.05, 0.1) is 0 Å². The van der Waals surface area contributed by atoms with E-state index >= 15 is 0 Å². The van der Waals surface area contributed by atoms with Gasteiger partial charge in [-0.3, -0.25) is 9.59 Å². The summed E-state index contributed by atoms with van der Waals surface area (Å²) in [6, 6.07) is 5.53. The fourth-order valence-electron chi connectivity index (χ4n) is 1.39. The number of unbranched alkanes of at least 4 members (excludes halogenated alkanes) is 1. The molecule has 1 aromatic rings. The number of carbonyl (C=O) groups is 2. The van der Waals surface area contributed by atoms with E-state index in [1.165, 1.54) is 18.2 Å². The normalized spacial score (nSPS) is 9.95. The van der Waals surface area contributed by atoms with E-state index < -0.39 is 11.8 Å². The Morgan fingerprint density at radius 1 is 1.32 bits per heavy atom. The van der Waals surface area contributed by atoms with Crippen molar-refractivity contribution in [2.24, 2.45) is 0 Å². The maximum atomic E-state index is 12.8. The minimum Gasteiger partial charge on any atom is -0.484 e. The topological polar surface area (TPSA) is 75.6 Å². The van der Waals surface area contributed by atoms with Gasteiger partial charge >= 0.3 is 5.97 Å². The zero-order valence-electron chi connectivity index (χ0n) is 10.4. The molecule has 1 rings (SSSR count). The number of ether oxygens (including phenoxy) is 1. The lowest BCUT2D eigenvalue weighted by Crippen LogP contribution is -2.29. The summed E-state index contributed by atoms with van der Waals surface area (Å²) in [5.41, 5.74) is 0. The predicted octanol–water partition coefficient (Wildman–Crippen LogP) is 1.58. The highest BCUT2D eigenvalue weighted by molar-refractivity contribution is 5.77. The Bertz CT molecular complexity index is 436. The van der Waals surface area contributed by atoms with Gasteiger partial charge in [0, 0.05) is 19.0 Å². The molecule has 0 aromatic heterocycles. The quantitative estimate of drug-likeness (QED) is 0.702. The van der Waals surface area contributed by atoms with Crippen LogP contribution in [0, 0.1) is 5.82 Å². The number of hydrogen-bond acceptors (Lipinski definition) is 3. The smallest absolute Gasteiger partial charge is 0.303 e. The van der Waals surface area contributed by atoms with Crippen molar-refractivity contribution >= 4 is 11.9 Å². The maximum Gasteiger partial charge on any atom is 0.303 e. The molecule has 0 aliphatic carbocycles. The lowest BCUT2D eigenvalue weighted by molar-refractivity contribution is -0.137. The number of carboxylic acid groups (broad SMARTS) is 1. The molecule has 5 nitrogen and oxygen atoms in total. The molecule has 0 saturated heterocycles. The first-order valence-corrected chi connectivity index (χ1v) is 5.95. The summed E-state index contributed by atoms with van der Waals surface area (Å²) >= 11 is 0. The first kappa shape index (κ1) is 14.9. The molecule has 0 aliphatic rings. The highest BCUT2D eigenvalue weighted by atomic mass is 19.1. The van der Waals surface area contributed by atoms with Gasteiger partial charge in [0.25, 0.3) is 5.91 Å². The molecule has 1 aromatic carbocycles. The molecule has 0 aliphatic heterocycles. The molecular formula is C13H16FNO4. The number of benzene rings is 1. The highest BCUT2D eigenvalue weighted by Crippen LogP contribution is 2.11. The monoisotopic (exact) mass is 269 g/mol. The van der Waals surface area contributed by atoms with Crippen LogP contribution in [-0.2, 0) is 9.59 Å². The van der Waals surface area contributed by atoms with Crippen LogP contribution in [0.4, 0.5) is 4.39 Å². The van der Waals surface area contributed by atoms with Crippen molar-refractivity contribution in [2.75, 3.05) is 13.2 Å². The van der Waals surface area contributed by atoms with Gasteiger partial charge in [0.2, 0.25) is 0 Å². The third-order valence-electron chi connectivity index (χ3n) is 2.31. The molecule has 104 valence electrons. The number of carboxylic acids is 1. The molecule has 0 heterocycles. The van der Waals surface area contributed by atoms with E-state index in [9.17, 15) is 14.0 Å². The standard InChI is InChI=1S/C13H16FNO4/c14-10-4-3-5-11(8-10)19-9-12(16)15-7-2-1-6-13(17)18/h3-5,8H,1-2,6-7,9H2,(H,15,16)(H,17,18). The molecule has 0 radical (unpaired) electrons. The van der Waals surface area contributed by atoms with Crippen molar-refractivity contribution in [3.8, 4) is 5.75 Å². The lowest BCUT2D eigenvalue weighted by atomic mass is 10.2. The van der Waals surface area contributed by atoms with Crippen molar-refractivity contribution < 1.29 is 23.8 Å². The van der Waals surface area contributed by atoms with E-state index in [1.807, 2.05) is 0 Å². The fourth-order valence-corrected chi connectivity index (χ4v) is 1.39. The average Bonchev–Trinajstić information content (AvgIpc) is 2.35. The van der Waals surface area contributed by atoms with Crippen LogP contribution in [0.15, 0.2) is 24.3 Å². The van der Waals surface area contributed by atoms with Crippen LogP contribution in [-0.4, -0.2) is 30.1 Å². The van der Waals surface area contributed by atoms with E-state index in [2.05, 4.69) is 5.32 Å². The molecule has 6 heteroatoms. The number of amides is 1. The Kier molecular flexibility index (Phi) is 6.35. The molecular weight excluding hydrogens is 253 g/mol. The van der Waals surface area contributed by atoms with Crippen molar-refractivity contribution in [1.82, 2.24) is 5.32 Å². The number of nitrogens with one attached hydrogen (secondary N) is 1. The summed E-state index contributed by atoms with van der Waals surface area (Å²) in [4.78, 5) is 21.6. The van der Waals surface area contributed by atoms with Gasteiger partial charge < -0.3 is 15.2 Å². The van der Waals surface area contributed by atoms with Crippen LogP contribution in [0.5, 0.6) is 5.75 Å². The fraction of sp³-hybridized carbons (Fsp3) is 0.385. The maximum absolute atomic E-state index is 12.8. The van der Waals surface area contributed by atoms with E-state index in [4.69, 9.17) is 9.84 Å². The van der Waals surface area contributed by atoms with Crippen LogP contribution >= 0.6 is 0 Å². The third-order valence-corrected chi connectivity index (χ3v) is 2.31. The second kappa shape index (κ2) is 8.07. The summed E-state index contributed by atoms with van der Waals surface area (Å²) in [5, 5.41) is 11.0. The zero-order chi connectivity index (χ0) is 14.1. The summed E-state index contributed by atoms with van der Waals surface area (Å²) in [6.07, 6.45) is 1.20. The van der Waals surface area contributed by atoms with Gasteiger partial charge in [-0.25, -0.2) is 4.39 Å². The lowest BCUT2D eigenvalue weighted by Gasteiger charge is -2.07. The molecule has 0 bridgehead atoms. The number of halogens is 1. The minimum atomic E-state index is -0.847. The SMILES string of the molecule is O=C(O)CCCCNC(=O)COc1cccc(F)c1. The van der Waals surface area contributed by atoms with Crippen molar-refractivity contribution in [1.29, 1.82) is 0 Å². The van der Waals surface area contributed by atoms with E-state index in [-0.39, 0.29) is 18.9 Å². The van der Waals surface area contributed by atoms with E-state index in [0.29, 0.717) is 25.1 Å². The van der Waals surface area contributed by atoms with Crippen LogP contribution in [0.25, 0.3) is 0 Å². The Labute approximate surface area is 110 Å². The molecule has 1 amide bonds. The third kappa shape index (κ3) is 7.03. The van der Waals surface area contributed by atoms with Crippen molar-refractivity contribution in [2.45, 2.75) is 19.3 Å². The molecule has 0 fully saturated rings. The van der Waals surface area contributed by atoms with Gasteiger partial charge in [-0.1, -0.05) is 6.07 Å². The van der Waals surface area contributed by atoms with E-state index in [1.54, 1.807) is 6.07 Å². The van der Waals surface area contributed by atoms with E-state index in [0.717, 1.165) is 0 Å². The van der Waals surface area contributed by atoms with Crippen LogP contribution in [0.3, 0.4) is 0 Å². The minimum absolute atomic E-state index is 0.0929. The van der Waals surface area contributed by atoms with Gasteiger partial charge in [-0.05, 0) is 25.0 Å². The number of carbonyl (C=O) groups excluding carboxylic acids is 1. The summed E-state index contributed by atoms with van der Waals surface area (Å²) in [6.45, 7) is 0.209. The molecule has 2 N–H and O–H groups in total. The molecule has 0 atom stereocenters. The molecule has 0 saturated carbocycles. The Hall–Kier alpha value is -2.11. The molecule has 0 unspecified atom stereocenters. The van der Waals surface area contributed by atoms with Gasteiger partial charge in [-0.15, -0.1) is 0 Å². The predicted molar refractivity (Wildman–Crippen MR) is 66.4 cm³/mol. The van der Waals surface area contributed by atoms with Crippen LogP contribution in [0.1, 0.15) is 19.3 Å². The van der Waals surface area contributed by atoms with Gasteiger partial charge in [0.15, 0.2) is 6.61 Å². The zero-order valence-corrected chi connectivity index (χ0v) is 10.4. The summed E-state index contributed by atoms with van der Waals surface area (Å²) < 4.78 is 17.9. The average molecular weight is 269 g/mol. The van der Waals surface area contributed by atoms with Crippen molar-refractivity contribution in [3.63, 3.8) is 0 Å². The molecule has 19 heavy (non-hydrogen) atoms.